The minimum atomic E-state index is -4.98. The monoisotopic (exact) mass is 457 g/mol. The molecule has 0 unspecified atom stereocenters. The minimum absolute atomic E-state index is 0.0540. The maximum atomic E-state index is 14.6. The van der Waals surface area contributed by atoms with Gasteiger partial charge in [-0.1, -0.05) is 12.1 Å². The molecule has 0 aliphatic carbocycles. The van der Waals surface area contributed by atoms with Crippen molar-refractivity contribution in [2.24, 2.45) is 0 Å². The number of nitriles is 1. The van der Waals surface area contributed by atoms with E-state index in [9.17, 15) is 37.5 Å². The molecular weight excluding hydrogens is 446 g/mol. The standard InChI is InChI=1S/C22H11F4N3O4/c23-16-7-13(10-27)18(33-15-4-2-11-5-14(30)3-1-12(11)6-15)8-17(16)29-20(31)9-19(22(24,25)26)28-21(29)32/h1-9,30H,(H,28,32). The number of aromatic nitrogens is 2. The lowest BCUT2D eigenvalue weighted by atomic mass is 10.1. The molecule has 4 rings (SSSR count). The first kappa shape index (κ1) is 21.6. The Labute approximate surface area is 181 Å². The third kappa shape index (κ3) is 4.14. The number of aromatic amines is 1. The lowest BCUT2D eigenvalue weighted by molar-refractivity contribution is -0.141. The number of benzene rings is 3. The Hall–Kier alpha value is -4.59. The number of nitrogens with one attached hydrogen (secondary N) is 1. The molecule has 11 heteroatoms. The van der Waals surface area contributed by atoms with Crippen molar-refractivity contribution in [2.75, 3.05) is 0 Å². The topological polar surface area (TPSA) is 108 Å². The van der Waals surface area contributed by atoms with Gasteiger partial charge in [-0.3, -0.25) is 4.79 Å². The van der Waals surface area contributed by atoms with Crippen LogP contribution >= 0.6 is 0 Å². The van der Waals surface area contributed by atoms with E-state index in [1.54, 1.807) is 24.3 Å². The number of rotatable bonds is 3. The predicted octanol–water partition coefficient (Wildman–Crippen LogP) is 4.21. The van der Waals surface area contributed by atoms with Crippen molar-refractivity contribution in [3.05, 3.63) is 92.5 Å². The SMILES string of the molecule is N#Cc1cc(F)c(-n2c(=O)cc(C(F)(F)F)[nH]c2=O)cc1Oc1ccc2cc(O)ccc2c1. The fourth-order valence-electron chi connectivity index (χ4n) is 3.16. The minimum Gasteiger partial charge on any atom is -0.508 e. The van der Waals surface area contributed by atoms with Crippen LogP contribution in [-0.2, 0) is 6.18 Å². The molecule has 0 aliphatic rings. The fraction of sp³-hybridized carbons (Fsp3) is 0.0455. The maximum Gasteiger partial charge on any atom is 0.431 e. The number of ether oxygens (including phenoxy) is 1. The number of nitrogens with zero attached hydrogens (tertiary/aromatic N) is 2. The zero-order valence-electron chi connectivity index (χ0n) is 16.3. The summed E-state index contributed by atoms with van der Waals surface area (Å²) in [6, 6.07) is 12.7. The summed E-state index contributed by atoms with van der Waals surface area (Å²) in [5.74, 6) is -1.17. The van der Waals surface area contributed by atoms with Crippen LogP contribution in [0.15, 0.2) is 64.2 Å². The highest BCUT2D eigenvalue weighted by Crippen LogP contribution is 2.32. The van der Waals surface area contributed by atoms with Crippen molar-refractivity contribution in [3.63, 3.8) is 0 Å². The molecule has 1 aromatic heterocycles. The van der Waals surface area contributed by atoms with Crippen molar-refractivity contribution < 1.29 is 27.4 Å². The van der Waals surface area contributed by atoms with Gasteiger partial charge < -0.3 is 14.8 Å². The molecule has 0 aliphatic heterocycles. The molecule has 0 atom stereocenters. The van der Waals surface area contributed by atoms with E-state index in [1.807, 2.05) is 0 Å². The van der Waals surface area contributed by atoms with E-state index in [4.69, 9.17) is 4.74 Å². The van der Waals surface area contributed by atoms with Crippen molar-refractivity contribution in [1.82, 2.24) is 9.55 Å². The number of fused-ring (bicyclic) bond motifs is 1. The van der Waals surface area contributed by atoms with E-state index < -0.39 is 34.6 Å². The third-order valence-electron chi connectivity index (χ3n) is 4.67. The summed E-state index contributed by atoms with van der Waals surface area (Å²) in [5.41, 5.74) is -5.50. The first-order valence-corrected chi connectivity index (χ1v) is 9.15. The second-order valence-corrected chi connectivity index (χ2v) is 6.87. The molecule has 2 N–H and O–H groups in total. The molecule has 0 spiro atoms. The molecule has 0 saturated carbocycles. The van der Waals surface area contributed by atoms with Crippen LogP contribution in [0.4, 0.5) is 17.6 Å². The highest BCUT2D eigenvalue weighted by atomic mass is 19.4. The van der Waals surface area contributed by atoms with E-state index in [1.165, 1.54) is 23.2 Å². The maximum absolute atomic E-state index is 14.6. The number of alkyl halides is 3. The molecule has 0 amide bonds. The molecule has 7 nitrogen and oxygen atoms in total. The Morgan fingerprint density at radius 3 is 2.36 bits per heavy atom. The molecule has 33 heavy (non-hydrogen) atoms. The number of H-pyrrole nitrogens is 1. The lowest BCUT2D eigenvalue weighted by Crippen LogP contribution is -2.36. The molecular formula is C22H11F4N3O4. The van der Waals surface area contributed by atoms with E-state index >= 15 is 0 Å². The number of phenols is 1. The smallest absolute Gasteiger partial charge is 0.431 e. The highest BCUT2D eigenvalue weighted by Gasteiger charge is 2.33. The second-order valence-electron chi connectivity index (χ2n) is 6.87. The Bertz CT molecular complexity index is 1530. The molecule has 0 saturated heterocycles. The average Bonchev–Trinajstić information content (AvgIpc) is 2.74. The zero-order valence-corrected chi connectivity index (χ0v) is 16.3. The number of hydrogen-bond acceptors (Lipinski definition) is 5. The molecule has 3 aromatic carbocycles. The van der Waals surface area contributed by atoms with Crippen LogP contribution in [0.5, 0.6) is 17.2 Å². The van der Waals surface area contributed by atoms with Crippen LogP contribution in [0.3, 0.4) is 0 Å². The number of aromatic hydroxyl groups is 1. The quantitative estimate of drug-likeness (QED) is 0.448. The van der Waals surface area contributed by atoms with Crippen molar-refractivity contribution in [3.8, 4) is 29.0 Å². The van der Waals surface area contributed by atoms with E-state index in [0.29, 0.717) is 16.8 Å². The van der Waals surface area contributed by atoms with Gasteiger partial charge in [0.15, 0.2) is 0 Å². The first-order valence-electron chi connectivity index (χ1n) is 9.15. The van der Waals surface area contributed by atoms with Crippen molar-refractivity contribution >= 4 is 10.8 Å². The first-order chi connectivity index (χ1) is 15.6. The predicted molar refractivity (Wildman–Crippen MR) is 108 cm³/mol. The number of phenolic OH excluding ortho intramolecular Hbond substituents is 1. The third-order valence-corrected chi connectivity index (χ3v) is 4.67. The summed E-state index contributed by atoms with van der Waals surface area (Å²) in [4.78, 5) is 25.9. The number of halogens is 4. The van der Waals surface area contributed by atoms with Crippen LogP contribution in [0, 0.1) is 17.1 Å². The van der Waals surface area contributed by atoms with Crippen LogP contribution in [0.25, 0.3) is 16.5 Å². The van der Waals surface area contributed by atoms with Gasteiger partial charge >= 0.3 is 11.9 Å². The molecule has 1 heterocycles. The van der Waals surface area contributed by atoms with Gasteiger partial charge in [0.25, 0.3) is 5.56 Å². The summed E-state index contributed by atoms with van der Waals surface area (Å²) in [7, 11) is 0. The van der Waals surface area contributed by atoms with Gasteiger partial charge in [-0.25, -0.2) is 13.8 Å². The zero-order chi connectivity index (χ0) is 23.9. The summed E-state index contributed by atoms with van der Waals surface area (Å²) in [6.07, 6.45) is -4.98. The fourth-order valence-corrected chi connectivity index (χ4v) is 3.16. The largest absolute Gasteiger partial charge is 0.508 e. The van der Waals surface area contributed by atoms with Crippen LogP contribution < -0.4 is 16.0 Å². The summed E-state index contributed by atoms with van der Waals surface area (Å²) in [5, 5.41) is 20.2. The van der Waals surface area contributed by atoms with Crippen molar-refractivity contribution in [1.29, 1.82) is 5.26 Å². The van der Waals surface area contributed by atoms with Gasteiger partial charge in [-0.05, 0) is 41.1 Å². The van der Waals surface area contributed by atoms with Crippen LogP contribution in [-0.4, -0.2) is 14.7 Å². The molecule has 4 aromatic rings. The van der Waals surface area contributed by atoms with Gasteiger partial charge in [0.05, 0.1) is 11.3 Å². The Morgan fingerprint density at radius 2 is 1.70 bits per heavy atom. The number of hydrogen-bond donors (Lipinski definition) is 2. The molecule has 0 radical (unpaired) electrons. The highest BCUT2D eigenvalue weighted by molar-refractivity contribution is 5.85. The van der Waals surface area contributed by atoms with Gasteiger partial charge in [0.2, 0.25) is 0 Å². The van der Waals surface area contributed by atoms with Gasteiger partial charge in [0, 0.05) is 12.1 Å². The van der Waals surface area contributed by atoms with E-state index in [0.717, 1.165) is 6.07 Å². The Balaban J connectivity index is 1.83. The molecule has 166 valence electrons. The Kier molecular flexibility index (Phi) is 5.13. The molecule has 0 fully saturated rings. The summed E-state index contributed by atoms with van der Waals surface area (Å²) in [6.45, 7) is 0. The van der Waals surface area contributed by atoms with Crippen molar-refractivity contribution in [2.45, 2.75) is 6.18 Å². The van der Waals surface area contributed by atoms with E-state index in [2.05, 4.69) is 0 Å². The molecule has 0 bridgehead atoms. The summed E-state index contributed by atoms with van der Waals surface area (Å²) < 4.78 is 59.0. The lowest BCUT2D eigenvalue weighted by Gasteiger charge is -2.13. The van der Waals surface area contributed by atoms with Gasteiger partial charge in [-0.2, -0.15) is 18.4 Å². The summed E-state index contributed by atoms with van der Waals surface area (Å²) >= 11 is 0. The van der Waals surface area contributed by atoms with Crippen LogP contribution in [0.1, 0.15) is 11.3 Å². The van der Waals surface area contributed by atoms with Gasteiger partial charge in [-0.15, -0.1) is 0 Å². The Morgan fingerprint density at radius 1 is 1.00 bits per heavy atom. The second kappa shape index (κ2) is 7.83. The van der Waals surface area contributed by atoms with Gasteiger partial charge in [0.1, 0.15) is 34.8 Å². The van der Waals surface area contributed by atoms with Crippen LogP contribution in [0.2, 0.25) is 0 Å². The average molecular weight is 457 g/mol. The normalized spacial score (nSPS) is 11.4. The van der Waals surface area contributed by atoms with E-state index in [-0.39, 0.29) is 33.4 Å².